The van der Waals surface area contributed by atoms with Gasteiger partial charge in [-0.1, -0.05) is 12.1 Å². The van der Waals surface area contributed by atoms with Crippen molar-refractivity contribution in [2.45, 2.75) is 0 Å². The summed E-state index contributed by atoms with van der Waals surface area (Å²) >= 11 is 0. The van der Waals surface area contributed by atoms with E-state index in [2.05, 4.69) is 10.3 Å². The summed E-state index contributed by atoms with van der Waals surface area (Å²) in [6, 6.07) is 14.8. The van der Waals surface area contributed by atoms with E-state index >= 15 is 0 Å². The van der Waals surface area contributed by atoms with Gasteiger partial charge in [-0.05, 0) is 36.4 Å². The SMILES string of the molecule is CN(CCO)c1ccc(NC(=O)/C=C/c2nc3ccccc3o2)cc1. The van der Waals surface area contributed by atoms with Gasteiger partial charge in [-0.2, -0.15) is 0 Å². The number of nitrogens with zero attached hydrogens (tertiary/aromatic N) is 2. The fourth-order valence-corrected chi connectivity index (χ4v) is 2.37. The molecule has 1 heterocycles. The lowest BCUT2D eigenvalue weighted by atomic mass is 10.2. The van der Waals surface area contributed by atoms with Gasteiger partial charge in [0.1, 0.15) is 5.52 Å². The minimum atomic E-state index is -0.265. The number of benzene rings is 2. The zero-order chi connectivity index (χ0) is 17.6. The van der Waals surface area contributed by atoms with Gasteiger partial charge in [0.15, 0.2) is 5.58 Å². The lowest BCUT2D eigenvalue weighted by molar-refractivity contribution is -0.111. The zero-order valence-electron chi connectivity index (χ0n) is 13.8. The molecule has 0 fully saturated rings. The van der Waals surface area contributed by atoms with Crippen molar-refractivity contribution in [3.8, 4) is 0 Å². The summed E-state index contributed by atoms with van der Waals surface area (Å²) < 4.78 is 5.53. The van der Waals surface area contributed by atoms with Crippen molar-refractivity contribution in [2.24, 2.45) is 0 Å². The van der Waals surface area contributed by atoms with Crippen molar-refractivity contribution in [3.63, 3.8) is 0 Å². The van der Waals surface area contributed by atoms with Gasteiger partial charge >= 0.3 is 0 Å². The van der Waals surface area contributed by atoms with E-state index in [9.17, 15) is 4.79 Å². The van der Waals surface area contributed by atoms with Crippen LogP contribution in [-0.2, 0) is 4.79 Å². The molecule has 0 aliphatic carbocycles. The normalized spacial score (nSPS) is 11.1. The molecule has 6 nitrogen and oxygen atoms in total. The fraction of sp³-hybridized carbons (Fsp3) is 0.158. The number of para-hydroxylation sites is 2. The average molecular weight is 337 g/mol. The molecule has 128 valence electrons. The summed E-state index contributed by atoms with van der Waals surface area (Å²) in [5, 5.41) is 11.7. The van der Waals surface area contributed by atoms with E-state index < -0.39 is 0 Å². The van der Waals surface area contributed by atoms with Crippen LogP contribution in [0.15, 0.2) is 59.0 Å². The minimum absolute atomic E-state index is 0.0929. The van der Waals surface area contributed by atoms with E-state index in [0.717, 1.165) is 11.2 Å². The van der Waals surface area contributed by atoms with Crippen molar-refractivity contribution in [1.82, 2.24) is 4.98 Å². The third-order valence-corrected chi connectivity index (χ3v) is 3.70. The van der Waals surface area contributed by atoms with E-state index in [-0.39, 0.29) is 12.5 Å². The number of nitrogens with one attached hydrogen (secondary N) is 1. The van der Waals surface area contributed by atoms with Gasteiger partial charge in [-0.25, -0.2) is 4.98 Å². The second kappa shape index (κ2) is 7.63. The number of aliphatic hydroxyl groups is 1. The minimum Gasteiger partial charge on any atom is -0.437 e. The van der Waals surface area contributed by atoms with Crippen LogP contribution in [0.25, 0.3) is 17.2 Å². The number of anilines is 2. The van der Waals surface area contributed by atoms with Crippen LogP contribution in [0.3, 0.4) is 0 Å². The number of aliphatic hydroxyl groups excluding tert-OH is 1. The first-order valence-electron chi connectivity index (χ1n) is 7.92. The highest BCUT2D eigenvalue weighted by Gasteiger charge is 2.04. The lowest BCUT2D eigenvalue weighted by Gasteiger charge is -2.18. The third kappa shape index (κ3) is 4.24. The Hall–Kier alpha value is -3.12. The van der Waals surface area contributed by atoms with Crippen LogP contribution in [-0.4, -0.2) is 36.2 Å². The number of carbonyl (C=O) groups excluding carboxylic acids is 1. The van der Waals surface area contributed by atoms with Crippen LogP contribution in [0, 0.1) is 0 Å². The maximum atomic E-state index is 12.0. The molecule has 0 aliphatic rings. The molecule has 0 unspecified atom stereocenters. The molecule has 1 amide bonds. The van der Waals surface area contributed by atoms with Gasteiger partial charge in [-0.15, -0.1) is 0 Å². The average Bonchev–Trinajstić information content (AvgIpc) is 3.04. The molecule has 0 radical (unpaired) electrons. The molecule has 1 aromatic heterocycles. The van der Waals surface area contributed by atoms with Gasteiger partial charge in [-0.3, -0.25) is 4.79 Å². The number of fused-ring (bicyclic) bond motifs is 1. The van der Waals surface area contributed by atoms with E-state index in [1.807, 2.05) is 60.5 Å². The van der Waals surface area contributed by atoms with E-state index in [4.69, 9.17) is 9.52 Å². The smallest absolute Gasteiger partial charge is 0.248 e. The van der Waals surface area contributed by atoms with Crippen molar-refractivity contribution in [3.05, 3.63) is 60.5 Å². The first-order valence-corrected chi connectivity index (χ1v) is 7.92. The Balaban J connectivity index is 1.61. The monoisotopic (exact) mass is 337 g/mol. The number of amides is 1. The number of carbonyl (C=O) groups is 1. The van der Waals surface area contributed by atoms with E-state index in [0.29, 0.717) is 23.7 Å². The molecule has 0 saturated heterocycles. The molecule has 2 aromatic carbocycles. The summed E-state index contributed by atoms with van der Waals surface area (Å²) in [6.07, 6.45) is 2.93. The van der Waals surface area contributed by atoms with Gasteiger partial charge in [0.05, 0.1) is 6.61 Å². The van der Waals surface area contributed by atoms with Gasteiger partial charge in [0.25, 0.3) is 0 Å². The molecule has 6 heteroatoms. The van der Waals surface area contributed by atoms with Crippen LogP contribution in [0.2, 0.25) is 0 Å². The Morgan fingerprint density at radius 3 is 2.72 bits per heavy atom. The Labute approximate surface area is 145 Å². The van der Waals surface area contributed by atoms with Crippen LogP contribution < -0.4 is 10.2 Å². The maximum absolute atomic E-state index is 12.0. The molecule has 25 heavy (non-hydrogen) atoms. The predicted octanol–water partition coefficient (Wildman–Crippen LogP) is 2.91. The zero-order valence-corrected chi connectivity index (χ0v) is 13.8. The third-order valence-electron chi connectivity index (χ3n) is 3.70. The molecule has 0 aliphatic heterocycles. The highest BCUT2D eigenvalue weighted by molar-refractivity contribution is 6.01. The van der Waals surface area contributed by atoms with Gasteiger partial charge in [0.2, 0.25) is 11.8 Å². The topological polar surface area (TPSA) is 78.6 Å². The van der Waals surface area contributed by atoms with Crippen molar-refractivity contribution < 1.29 is 14.3 Å². The number of aromatic nitrogens is 1. The number of hydrogen-bond donors (Lipinski definition) is 2. The molecule has 3 aromatic rings. The second-order valence-corrected chi connectivity index (χ2v) is 5.53. The van der Waals surface area contributed by atoms with Crippen molar-refractivity contribution in [2.75, 3.05) is 30.4 Å². The Morgan fingerprint density at radius 2 is 2.00 bits per heavy atom. The highest BCUT2D eigenvalue weighted by atomic mass is 16.3. The van der Waals surface area contributed by atoms with E-state index in [1.165, 1.54) is 6.08 Å². The van der Waals surface area contributed by atoms with Crippen LogP contribution in [0.5, 0.6) is 0 Å². The quantitative estimate of drug-likeness (QED) is 0.676. The number of rotatable bonds is 6. The molecule has 0 bridgehead atoms. The van der Waals surface area contributed by atoms with Crippen molar-refractivity contribution in [1.29, 1.82) is 0 Å². The van der Waals surface area contributed by atoms with Crippen LogP contribution >= 0.6 is 0 Å². The number of likely N-dealkylation sites (N-methyl/N-ethyl adjacent to an activating group) is 1. The lowest BCUT2D eigenvalue weighted by Crippen LogP contribution is -2.20. The van der Waals surface area contributed by atoms with E-state index in [1.54, 1.807) is 6.08 Å². The molecule has 0 saturated carbocycles. The molecule has 2 N–H and O–H groups in total. The van der Waals surface area contributed by atoms with Gasteiger partial charge < -0.3 is 19.7 Å². The molecular formula is C19H19N3O3. The molecule has 0 atom stereocenters. The highest BCUT2D eigenvalue weighted by Crippen LogP contribution is 2.17. The first-order chi connectivity index (χ1) is 12.2. The van der Waals surface area contributed by atoms with Crippen LogP contribution in [0.1, 0.15) is 5.89 Å². The number of hydrogen-bond acceptors (Lipinski definition) is 5. The number of oxazole rings is 1. The Kier molecular flexibility index (Phi) is 5.11. The largest absolute Gasteiger partial charge is 0.437 e. The summed E-state index contributed by atoms with van der Waals surface area (Å²) in [6.45, 7) is 0.647. The maximum Gasteiger partial charge on any atom is 0.248 e. The fourth-order valence-electron chi connectivity index (χ4n) is 2.37. The summed E-state index contributed by atoms with van der Waals surface area (Å²) in [5.41, 5.74) is 3.10. The van der Waals surface area contributed by atoms with Crippen LogP contribution in [0.4, 0.5) is 11.4 Å². The van der Waals surface area contributed by atoms with Gasteiger partial charge in [0, 0.05) is 37.1 Å². The summed E-state index contributed by atoms with van der Waals surface area (Å²) in [7, 11) is 1.90. The second-order valence-electron chi connectivity index (χ2n) is 5.53. The predicted molar refractivity (Wildman–Crippen MR) is 98.5 cm³/mol. The van der Waals surface area contributed by atoms with Crippen molar-refractivity contribution >= 4 is 34.5 Å². The summed E-state index contributed by atoms with van der Waals surface area (Å²) in [5.74, 6) is 0.121. The Morgan fingerprint density at radius 1 is 1.24 bits per heavy atom. The first kappa shape index (κ1) is 16.7. The standard InChI is InChI=1S/C19H19N3O3/c1-22(12-13-23)15-8-6-14(7-9-15)20-18(24)10-11-19-21-16-4-2-3-5-17(16)25-19/h2-11,23H,12-13H2,1H3,(H,20,24)/b11-10+. The molecular weight excluding hydrogens is 318 g/mol. The molecule has 0 spiro atoms. The summed E-state index contributed by atoms with van der Waals surface area (Å²) in [4.78, 5) is 18.2. The molecule has 3 rings (SSSR count). The Bertz CT molecular complexity index is 851.